The average Bonchev–Trinajstić information content (AvgIpc) is 2.38. The number of benzene rings is 1. The van der Waals surface area contributed by atoms with Crippen LogP contribution in [0, 0.1) is 6.92 Å². The molecule has 96 valence electrons. The van der Waals surface area contributed by atoms with Crippen LogP contribution in [0.5, 0.6) is 0 Å². The number of hydrogen-bond donors (Lipinski definition) is 2. The highest BCUT2D eigenvalue weighted by Crippen LogP contribution is 2.39. The normalized spacial score (nSPS) is 12.7. The lowest BCUT2D eigenvalue weighted by Gasteiger charge is -2.19. The summed E-state index contributed by atoms with van der Waals surface area (Å²) in [5.41, 5.74) is 2.99. The first-order valence-corrected chi connectivity index (χ1v) is 6.78. The molecule has 0 saturated heterocycles. The number of carboxylic acid groups (broad SMARTS) is 1. The molecule has 4 nitrogen and oxygen atoms in total. The minimum absolute atomic E-state index is 0.0666. The van der Waals surface area contributed by atoms with Gasteiger partial charge in [0.2, 0.25) is 0 Å². The number of thioether (sulfide) groups is 1. The third-order valence-electron chi connectivity index (χ3n) is 3.14. The number of aromatic amines is 1. The van der Waals surface area contributed by atoms with E-state index in [1.807, 2.05) is 25.1 Å². The molecule has 5 heteroatoms. The summed E-state index contributed by atoms with van der Waals surface area (Å²) in [6.07, 6.45) is 0. The molecular weight excluding hydrogens is 262 g/mol. The molecule has 2 heterocycles. The minimum atomic E-state index is -1.12. The van der Waals surface area contributed by atoms with Gasteiger partial charge in [0.15, 0.2) is 5.43 Å². The Morgan fingerprint density at radius 3 is 2.89 bits per heavy atom. The van der Waals surface area contributed by atoms with Crippen LogP contribution in [0.3, 0.4) is 0 Å². The molecule has 3 rings (SSSR count). The largest absolute Gasteiger partial charge is 0.477 e. The summed E-state index contributed by atoms with van der Waals surface area (Å²) in [6, 6.07) is 7.14. The fourth-order valence-electron chi connectivity index (χ4n) is 2.19. The van der Waals surface area contributed by atoms with Crippen LogP contribution in [0.15, 0.2) is 34.0 Å². The number of nitrogens with one attached hydrogen (secondary N) is 1. The molecule has 1 aliphatic rings. The van der Waals surface area contributed by atoms with Gasteiger partial charge in [-0.05, 0) is 19.1 Å². The first-order chi connectivity index (χ1) is 9.06. The van der Waals surface area contributed by atoms with E-state index in [2.05, 4.69) is 4.98 Å². The molecular formula is C14H11NO3S. The van der Waals surface area contributed by atoms with Crippen molar-refractivity contribution in [1.82, 2.24) is 4.98 Å². The van der Waals surface area contributed by atoms with Crippen LogP contribution in [0.4, 0.5) is 0 Å². The maximum Gasteiger partial charge on any atom is 0.352 e. The predicted molar refractivity (Wildman–Crippen MR) is 73.8 cm³/mol. The summed E-state index contributed by atoms with van der Waals surface area (Å²) in [7, 11) is 0. The Kier molecular flexibility index (Phi) is 2.71. The molecule has 0 unspecified atom stereocenters. The van der Waals surface area contributed by atoms with Gasteiger partial charge in [0.25, 0.3) is 0 Å². The van der Waals surface area contributed by atoms with E-state index in [0.29, 0.717) is 17.0 Å². The van der Waals surface area contributed by atoms with Gasteiger partial charge in [-0.2, -0.15) is 0 Å². The first-order valence-electron chi connectivity index (χ1n) is 5.79. The molecule has 0 fully saturated rings. The highest BCUT2D eigenvalue weighted by molar-refractivity contribution is 7.98. The van der Waals surface area contributed by atoms with Gasteiger partial charge < -0.3 is 10.1 Å². The van der Waals surface area contributed by atoms with Gasteiger partial charge in [0, 0.05) is 27.8 Å². The van der Waals surface area contributed by atoms with Gasteiger partial charge in [-0.3, -0.25) is 4.79 Å². The number of pyridine rings is 1. The molecule has 19 heavy (non-hydrogen) atoms. The van der Waals surface area contributed by atoms with Crippen LogP contribution in [-0.4, -0.2) is 16.1 Å². The first kappa shape index (κ1) is 12.0. The fourth-order valence-corrected chi connectivity index (χ4v) is 3.26. The predicted octanol–water partition coefficient (Wildman–Crippen LogP) is 2.65. The van der Waals surface area contributed by atoms with Crippen LogP contribution in [0.1, 0.15) is 21.6 Å². The van der Waals surface area contributed by atoms with Crippen LogP contribution in [0.25, 0.3) is 11.3 Å². The molecule has 0 radical (unpaired) electrons. The molecule has 0 aliphatic carbocycles. The molecule has 0 atom stereocenters. The van der Waals surface area contributed by atoms with Gasteiger partial charge in [-0.1, -0.05) is 11.6 Å². The van der Waals surface area contributed by atoms with E-state index in [9.17, 15) is 9.59 Å². The van der Waals surface area contributed by atoms with Crippen LogP contribution in [-0.2, 0) is 5.75 Å². The number of aromatic nitrogens is 1. The quantitative estimate of drug-likeness (QED) is 0.838. The van der Waals surface area contributed by atoms with E-state index < -0.39 is 5.97 Å². The van der Waals surface area contributed by atoms with Gasteiger partial charge in [-0.25, -0.2) is 4.79 Å². The topological polar surface area (TPSA) is 70.2 Å². The maximum atomic E-state index is 12.0. The van der Waals surface area contributed by atoms with Crippen molar-refractivity contribution in [2.75, 3.05) is 0 Å². The van der Waals surface area contributed by atoms with Crippen molar-refractivity contribution in [2.24, 2.45) is 0 Å². The lowest BCUT2D eigenvalue weighted by Crippen LogP contribution is -2.17. The Bertz CT molecular complexity index is 749. The summed E-state index contributed by atoms with van der Waals surface area (Å²) >= 11 is 1.60. The monoisotopic (exact) mass is 273 g/mol. The number of aryl methyl sites for hydroxylation is 1. The second-order valence-electron chi connectivity index (χ2n) is 4.49. The number of hydrogen-bond acceptors (Lipinski definition) is 3. The van der Waals surface area contributed by atoms with E-state index in [0.717, 1.165) is 22.1 Å². The lowest BCUT2D eigenvalue weighted by atomic mass is 10.0. The SMILES string of the molecule is Cc1ccc2c(c1)-c1[nH]c(C(=O)O)cc(=O)c1CS2. The van der Waals surface area contributed by atoms with Gasteiger partial charge in [0.1, 0.15) is 5.69 Å². The Balaban J connectivity index is 2.32. The number of fused-ring (bicyclic) bond motifs is 3. The molecule has 0 amide bonds. The zero-order valence-corrected chi connectivity index (χ0v) is 11.0. The van der Waals surface area contributed by atoms with E-state index in [-0.39, 0.29) is 11.1 Å². The molecule has 2 aromatic rings. The number of aromatic carboxylic acids is 1. The Hall–Kier alpha value is -2.01. The van der Waals surface area contributed by atoms with Crippen molar-refractivity contribution >= 4 is 17.7 Å². The lowest BCUT2D eigenvalue weighted by molar-refractivity contribution is 0.0690. The van der Waals surface area contributed by atoms with Gasteiger partial charge >= 0.3 is 5.97 Å². The Morgan fingerprint density at radius 2 is 2.16 bits per heavy atom. The van der Waals surface area contributed by atoms with Crippen molar-refractivity contribution in [3.8, 4) is 11.3 Å². The summed E-state index contributed by atoms with van der Waals surface area (Å²) < 4.78 is 0. The van der Waals surface area contributed by atoms with E-state index in [1.54, 1.807) is 11.8 Å². The van der Waals surface area contributed by atoms with Crippen LogP contribution >= 0.6 is 11.8 Å². The van der Waals surface area contributed by atoms with E-state index in [4.69, 9.17) is 5.11 Å². The zero-order chi connectivity index (χ0) is 13.6. The standard InChI is InChI=1S/C14H11NO3S/c1-7-2-3-12-8(4-7)13-9(6-19-12)11(16)5-10(15-13)14(17)18/h2-5H,6H2,1H3,(H,15,16)(H,17,18). The van der Waals surface area contributed by atoms with Crippen LogP contribution in [0.2, 0.25) is 0 Å². The van der Waals surface area contributed by atoms with Crippen molar-refractivity contribution in [3.63, 3.8) is 0 Å². The summed E-state index contributed by atoms with van der Waals surface area (Å²) in [5, 5.41) is 9.04. The average molecular weight is 273 g/mol. The fraction of sp³-hybridized carbons (Fsp3) is 0.143. The van der Waals surface area contributed by atoms with Gasteiger partial charge in [-0.15, -0.1) is 11.8 Å². The van der Waals surface area contributed by atoms with E-state index in [1.165, 1.54) is 0 Å². The second kappa shape index (κ2) is 4.28. The Morgan fingerprint density at radius 1 is 1.37 bits per heavy atom. The third kappa shape index (κ3) is 1.96. The van der Waals surface area contributed by atoms with Crippen molar-refractivity contribution in [3.05, 3.63) is 51.3 Å². The molecule has 0 bridgehead atoms. The number of carboxylic acids is 1. The van der Waals surface area contributed by atoms with Gasteiger partial charge in [0.05, 0.1) is 5.69 Å². The van der Waals surface area contributed by atoms with Crippen molar-refractivity contribution < 1.29 is 9.90 Å². The smallest absolute Gasteiger partial charge is 0.352 e. The third-order valence-corrected chi connectivity index (χ3v) is 4.24. The summed E-state index contributed by atoms with van der Waals surface area (Å²) in [4.78, 5) is 27.0. The van der Waals surface area contributed by atoms with E-state index >= 15 is 0 Å². The number of rotatable bonds is 1. The zero-order valence-electron chi connectivity index (χ0n) is 10.2. The Labute approximate surface area is 113 Å². The molecule has 0 spiro atoms. The maximum absolute atomic E-state index is 12.0. The summed E-state index contributed by atoms with van der Waals surface area (Å²) in [6.45, 7) is 1.97. The molecule has 2 N–H and O–H groups in total. The summed E-state index contributed by atoms with van der Waals surface area (Å²) in [5.74, 6) is -0.548. The highest BCUT2D eigenvalue weighted by Gasteiger charge is 2.21. The minimum Gasteiger partial charge on any atom is -0.477 e. The molecule has 1 aromatic carbocycles. The molecule has 0 saturated carbocycles. The molecule has 1 aliphatic heterocycles. The molecule has 1 aromatic heterocycles. The number of H-pyrrole nitrogens is 1. The second-order valence-corrected chi connectivity index (χ2v) is 5.51. The van der Waals surface area contributed by atoms with Crippen molar-refractivity contribution in [2.45, 2.75) is 17.6 Å². The van der Waals surface area contributed by atoms with Crippen LogP contribution < -0.4 is 5.43 Å². The number of carbonyl (C=O) groups is 1. The van der Waals surface area contributed by atoms with Crippen molar-refractivity contribution in [1.29, 1.82) is 0 Å². The highest BCUT2D eigenvalue weighted by atomic mass is 32.2.